The van der Waals surface area contributed by atoms with Crippen LogP contribution in [0.5, 0.6) is 0 Å². The Hall–Kier alpha value is -1.59. The van der Waals surface area contributed by atoms with Gasteiger partial charge in [0.2, 0.25) is 0 Å². The average molecular weight is 276 g/mol. The van der Waals surface area contributed by atoms with E-state index in [0.29, 0.717) is 32.2 Å². The Balaban J connectivity index is 1.60. The van der Waals surface area contributed by atoms with Crippen molar-refractivity contribution >= 4 is 6.03 Å². The zero-order valence-electron chi connectivity index (χ0n) is 11.6. The van der Waals surface area contributed by atoms with Gasteiger partial charge in [-0.2, -0.15) is 0 Å². The predicted molar refractivity (Wildman–Crippen MR) is 74.3 cm³/mol. The van der Waals surface area contributed by atoms with Crippen LogP contribution in [0, 0.1) is 5.92 Å². The van der Waals surface area contributed by atoms with Gasteiger partial charge in [-0.05, 0) is 5.56 Å². The van der Waals surface area contributed by atoms with Crippen LogP contribution in [-0.2, 0) is 16.0 Å². The zero-order chi connectivity index (χ0) is 13.9. The van der Waals surface area contributed by atoms with Crippen LogP contribution in [0.2, 0.25) is 0 Å². The Kier molecular flexibility index (Phi) is 3.89. The first-order valence-corrected chi connectivity index (χ1v) is 6.98. The van der Waals surface area contributed by atoms with Crippen molar-refractivity contribution in [2.45, 2.75) is 18.7 Å². The number of nitrogens with one attached hydrogen (secondary N) is 1. The van der Waals surface area contributed by atoms with Gasteiger partial charge in [0.05, 0.1) is 25.4 Å². The highest BCUT2D eigenvalue weighted by molar-refractivity contribution is 5.75. The molecule has 0 radical (unpaired) electrons. The maximum Gasteiger partial charge on any atom is 0.318 e. The normalized spacial score (nSPS) is 28.4. The highest BCUT2D eigenvalue weighted by atomic mass is 16.5. The monoisotopic (exact) mass is 276 g/mol. The molecule has 1 aromatic carbocycles. The molecular weight excluding hydrogens is 256 g/mol. The lowest BCUT2D eigenvalue weighted by molar-refractivity contribution is 0.0569. The molecule has 0 aromatic heterocycles. The van der Waals surface area contributed by atoms with Crippen molar-refractivity contribution in [1.29, 1.82) is 0 Å². The number of fused-ring (bicyclic) bond motifs is 1. The van der Waals surface area contributed by atoms with Gasteiger partial charge in [0.1, 0.15) is 0 Å². The molecule has 2 amide bonds. The first-order chi connectivity index (χ1) is 9.79. The topological polar surface area (TPSA) is 50.8 Å². The van der Waals surface area contributed by atoms with Crippen molar-refractivity contribution in [1.82, 2.24) is 10.2 Å². The molecule has 1 N–H and O–H groups in total. The van der Waals surface area contributed by atoms with E-state index >= 15 is 0 Å². The lowest BCUT2D eigenvalue weighted by atomic mass is 10.0. The van der Waals surface area contributed by atoms with Crippen LogP contribution < -0.4 is 5.32 Å². The van der Waals surface area contributed by atoms with Crippen molar-refractivity contribution in [2.24, 2.45) is 5.92 Å². The molecule has 0 unspecified atom stereocenters. The fourth-order valence-electron chi connectivity index (χ4n) is 3.06. The van der Waals surface area contributed by atoms with Gasteiger partial charge in [-0.3, -0.25) is 0 Å². The number of urea groups is 1. The number of nitrogens with zero attached hydrogens (tertiary/aromatic N) is 1. The van der Waals surface area contributed by atoms with E-state index < -0.39 is 0 Å². The number of carbonyl (C=O) groups excluding carboxylic acids is 1. The van der Waals surface area contributed by atoms with Gasteiger partial charge >= 0.3 is 6.03 Å². The summed E-state index contributed by atoms with van der Waals surface area (Å²) in [5.41, 5.74) is 1.10. The Morgan fingerprint density at radius 3 is 2.95 bits per heavy atom. The number of amides is 2. The van der Waals surface area contributed by atoms with Crippen molar-refractivity contribution in [3.05, 3.63) is 35.9 Å². The summed E-state index contributed by atoms with van der Waals surface area (Å²) >= 11 is 0. The van der Waals surface area contributed by atoms with Gasteiger partial charge in [-0.1, -0.05) is 30.3 Å². The Labute approximate surface area is 118 Å². The third kappa shape index (κ3) is 2.51. The summed E-state index contributed by atoms with van der Waals surface area (Å²) in [6.45, 7) is 2.50. The maximum atomic E-state index is 12.3. The van der Waals surface area contributed by atoms with Crippen LogP contribution in [0.3, 0.4) is 0 Å². The molecule has 20 heavy (non-hydrogen) atoms. The SMILES string of the molecule is CO[C@H]1CN(C(=O)NCc2ccccc2)[C@H]2COC[C@@H]12. The molecule has 108 valence electrons. The minimum Gasteiger partial charge on any atom is -0.379 e. The first-order valence-electron chi connectivity index (χ1n) is 6.98. The van der Waals surface area contributed by atoms with Gasteiger partial charge in [-0.25, -0.2) is 4.79 Å². The summed E-state index contributed by atoms with van der Waals surface area (Å²) in [4.78, 5) is 14.2. The van der Waals surface area contributed by atoms with E-state index in [1.807, 2.05) is 35.2 Å². The van der Waals surface area contributed by atoms with Crippen LogP contribution >= 0.6 is 0 Å². The highest BCUT2D eigenvalue weighted by Crippen LogP contribution is 2.31. The van der Waals surface area contributed by atoms with E-state index in [4.69, 9.17) is 9.47 Å². The number of hydrogen-bond acceptors (Lipinski definition) is 3. The second-order valence-corrected chi connectivity index (χ2v) is 5.34. The molecule has 2 saturated heterocycles. The number of likely N-dealkylation sites (tertiary alicyclic amines) is 1. The zero-order valence-corrected chi connectivity index (χ0v) is 11.6. The lowest BCUT2D eigenvalue weighted by Crippen LogP contribution is -2.44. The number of carbonyl (C=O) groups is 1. The van der Waals surface area contributed by atoms with Crippen LogP contribution in [0.4, 0.5) is 4.79 Å². The molecule has 1 aromatic rings. The van der Waals surface area contributed by atoms with Crippen LogP contribution in [0.15, 0.2) is 30.3 Å². The quantitative estimate of drug-likeness (QED) is 0.903. The van der Waals surface area contributed by atoms with Crippen molar-refractivity contribution in [3.8, 4) is 0 Å². The second-order valence-electron chi connectivity index (χ2n) is 5.34. The predicted octanol–water partition coefficient (Wildman–Crippen LogP) is 1.24. The van der Waals surface area contributed by atoms with Crippen LogP contribution in [-0.4, -0.2) is 49.9 Å². The molecule has 2 fully saturated rings. The highest BCUT2D eigenvalue weighted by Gasteiger charge is 2.47. The molecular formula is C15H20N2O3. The van der Waals surface area contributed by atoms with Gasteiger partial charge in [0.15, 0.2) is 0 Å². The standard InChI is InChI=1S/C15H20N2O3/c1-19-14-8-17(13-10-20-9-12(13)14)15(18)16-7-11-5-3-2-4-6-11/h2-6,12-14H,7-10H2,1H3,(H,16,18)/t12-,13+,14+/m1/s1. The molecule has 2 aliphatic rings. The summed E-state index contributed by atoms with van der Waals surface area (Å²) in [6, 6.07) is 10.0. The summed E-state index contributed by atoms with van der Waals surface area (Å²) in [7, 11) is 1.70. The molecule has 3 atom stereocenters. The van der Waals surface area contributed by atoms with E-state index in [1.165, 1.54) is 0 Å². The molecule has 3 rings (SSSR count). The molecule has 0 saturated carbocycles. The van der Waals surface area contributed by atoms with E-state index in [-0.39, 0.29) is 18.2 Å². The minimum absolute atomic E-state index is 0.0334. The molecule has 0 bridgehead atoms. The Morgan fingerprint density at radius 2 is 2.20 bits per heavy atom. The first kappa shape index (κ1) is 13.4. The smallest absolute Gasteiger partial charge is 0.318 e. The number of benzene rings is 1. The number of hydrogen-bond donors (Lipinski definition) is 1. The maximum absolute atomic E-state index is 12.3. The largest absolute Gasteiger partial charge is 0.379 e. The van der Waals surface area contributed by atoms with Crippen molar-refractivity contribution in [2.75, 3.05) is 26.9 Å². The van der Waals surface area contributed by atoms with E-state index in [9.17, 15) is 4.79 Å². The third-order valence-electron chi connectivity index (χ3n) is 4.20. The van der Waals surface area contributed by atoms with E-state index in [1.54, 1.807) is 7.11 Å². The van der Waals surface area contributed by atoms with Crippen LogP contribution in [0.1, 0.15) is 5.56 Å². The fraction of sp³-hybridized carbons (Fsp3) is 0.533. The summed E-state index contributed by atoms with van der Waals surface area (Å²) < 4.78 is 11.0. The van der Waals surface area contributed by atoms with Gasteiger partial charge < -0.3 is 19.7 Å². The third-order valence-corrected chi connectivity index (χ3v) is 4.20. The summed E-state index contributed by atoms with van der Waals surface area (Å²) in [6.07, 6.45) is 0.0879. The van der Waals surface area contributed by atoms with Crippen LogP contribution in [0.25, 0.3) is 0 Å². The van der Waals surface area contributed by atoms with Gasteiger partial charge in [-0.15, -0.1) is 0 Å². The second kappa shape index (κ2) is 5.81. The van der Waals surface area contributed by atoms with Crippen molar-refractivity contribution < 1.29 is 14.3 Å². The molecule has 5 nitrogen and oxygen atoms in total. The summed E-state index contributed by atoms with van der Waals surface area (Å²) in [5, 5.41) is 2.97. The molecule has 5 heteroatoms. The van der Waals surface area contributed by atoms with E-state index in [0.717, 1.165) is 5.56 Å². The molecule has 0 aliphatic carbocycles. The number of ether oxygens (including phenoxy) is 2. The number of methoxy groups -OCH3 is 1. The number of rotatable bonds is 3. The lowest BCUT2D eigenvalue weighted by Gasteiger charge is -2.22. The summed E-state index contributed by atoms with van der Waals surface area (Å²) in [5.74, 6) is 0.308. The van der Waals surface area contributed by atoms with E-state index in [2.05, 4.69) is 5.32 Å². The van der Waals surface area contributed by atoms with Gasteiger partial charge in [0.25, 0.3) is 0 Å². The Bertz CT molecular complexity index is 465. The van der Waals surface area contributed by atoms with Crippen molar-refractivity contribution in [3.63, 3.8) is 0 Å². The average Bonchev–Trinajstić information content (AvgIpc) is 3.07. The Morgan fingerprint density at radius 1 is 1.40 bits per heavy atom. The minimum atomic E-state index is -0.0334. The molecule has 2 heterocycles. The van der Waals surface area contributed by atoms with Gasteiger partial charge in [0, 0.05) is 26.1 Å². The molecule has 2 aliphatic heterocycles. The molecule has 0 spiro atoms. The fourth-order valence-corrected chi connectivity index (χ4v) is 3.06.